The van der Waals surface area contributed by atoms with Crippen LogP contribution in [0, 0.1) is 20.8 Å². The number of anilines is 2. The molecule has 0 fully saturated rings. The average Bonchev–Trinajstić information content (AvgIpc) is 2.75. The normalized spacial score (nSPS) is 12.2. The van der Waals surface area contributed by atoms with Gasteiger partial charge in [0.1, 0.15) is 5.75 Å². The lowest BCUT2D eigenvalue weighted by Gasteiger charge is -2.17. The van der Waals surface area contributed by atoms with Gasteiger partial charge in [-0.25, -0.2) is 8.42 Å². The second-order valence-corrected chi connectivity index (χ2v) is 9.58. The van der Waals surface area contributed by atoms with Crippen molar-refractivity contribution in [2.45, 2.75) is 38.7 Å². The summed E-state index contributed by atoms with van der Waals surface area (Å²) in [5.41, 5.74) is 3.56. The van der Waals surface area contributed by atoms with E-state index in [9.17, 15) is 13.2 Å². The maximum atomic E-state index is 12.7. The summed E-state index contributed by atoms with van der Waals surface area (Å²) in [5.74, 6) is 0.311. The van der Waals surface area contributed by atoms with Crippen molar-refractivity contribution in [3.8, 4) is 5.75 Å². The molecule has 0 aromatic heterocycles. The Morgan fingerprint density at radius 1 is 0.938 bits per heavy atom. The summed E-state index contributed by atoms with van der Waals surface area (Å²) < 4.78 is 33.8. The predicted octanol–water partition coefficient (Wildman–Crippen LogP) is 5.47. The third-order valence-corrected chi connectivity index (χ3v) is 6.96. The Labute approximate surface area is 193 Å². The minimum Gasteiger partial charge on any atom is -0.481 e. The third kappa shape index (κ3) is 5.41. The second-order valence-electron chi connectivity index (χ2n) is 7.49. The highest BCUT2D eigenvalue weighted by Crippen LogP contribution is 2.26. The van der Waals surface area contributed by atoms with Crippen molar-refractivity contribution in [2.75, 3.05) is 10.0 Å². The Morgan fingerprint density at radius 3 is 2.28 bits per heavy atom. The Kier molecular flexibility index (Phi) is 7.11. The number of nitrogens with one attached hydrogen (secondary N) is 2. The van der Waals surface area contributed by atoms with E-state index in [0.717, 1.165) is 11.1 Å². The van der Waals surface area contributed by atoms with Crippen molar-refractivity contribution in [1.29, 1.82) is 0 Å². The molecule has 2 N–H and O–H groups in total. The number of benzene rings is 3. The molecule has 1 amide bonds. The number of hydrogen-bond donors (Lipinski definition) is 2. The summed E-state index contributed by atoms with van der Waals surface area (Å²) in [6.45, 7) is 7.31. The van der Waals surface area contributed by atoms with Gasteiger partial charge in [0.2, 0.25) is 0 Å². The standard InChI is InChI=1S/C24H25ClN2O4S/c1-15-7-5-10-23(16(15)2)31-18(4)24(28)26-19-11-13-20(14-12-19)32(29,30)27-22-9-6-8-21(25)17(22)3/h5-14,18,27H,1-4H3,(H,26,28)/t18-/m0/s1. The zero-order valence-electron chi connectivity index (χ0n) is 18.3. The first-order valence-corrected chi connectivity index (χ1v) is 11.9. The van der Waals surface area contributed by atoms with E-state index in [-0.39, 0.29) is 10.8 Å². The van der Waals surface area contributed by atoms with Crippen LogP contribution in [-0.4, -0.2) is 20.4 Å². The molecule has 0 saturated heterocycles. The van der Waals surface area contributed by atoms with Crippen LogP contribution in [0.25, 0.3) is 0 Å². The van der Waals surface area contributed by atoms with Gasteiger partial charge in [-0.1, -0.05) is 29.8 Å². The fourth-order valence-corrected chi connectivity index (χ4v) is 4.28. The van der Waals surface area contributed by atoms with E-state index >= 15 is 0 Å². The third-order valence-electron chi connectivity index (χ3n) is 5.17. The zero-order valence-corrected chi connectivity index (χ0v) is 19.8. The fourth-order valence-electron chi connectivity index (χ4n) is 2.98. The molecule has 3 aromatic carbocycles. The van der Waals surface area contributed by atoms with Gasteiger partial charge in [0, 0.05) is 10.7 Å². The lowest BCUT2D eigenvalue weighted by atomic mass is 10.1. The molecule has 0 bridgehead atoms. The first-order chi connectivity index (χ1) is 15.1. The van der Waals surface area contributed by atoms with Crippen LogP contribution in [0.15, 0.2) is 65.6 Å². The molecule has 0 radical (unpaired) electrons. The topological polar surface area (TPSA) is 84.5 Å². The number of aryl methyl sites for hydroxylation is 1. The molecular formula is C24H25ClN2O4S. The van der Waals surface area contributed by atoms with Gasteiger partial charge >= 0.3 is 0 Å². The van der Waals surface area contributed by atoms with E-state index in [1.54, 1.807) is 32.0 Å². The molecule has 1 atom stereocenters. The molecule has 6 nitrogen and oxygen atoms in total. The summed E-state index contributed by atoms with van der Waals surface area (Å²) in [4.78, 5) is 12.6. The van der Waals surface area contributed by atoms with E-state index in [1.165, 1.54) is 24.3 Å². The number of rotatable bonds is 7. The Bertz CT molecular complexity index is 1240. The number of halogens is 1. The van der Waals surface area contributed by atoms with Gasteiger partial charge < -0.3 is 10.1 Å². The minimum absolute atomic E-state index is 0.0644. The van der Waals surface area contributed by atoms with Crippen LogP contribution in [0.1, 0.15) is 23.6 Å². The minimum atomic E-state index is -3.81. The van der Waals surface area contributed by atoms with E-state index < -0.39 is 16.1 Å². The molecule has 3 rings (SSSR count). The van der Waals surface area contributed by atoms with Crippen molar-refractivity contribution >= 4 is 38.9 Å². The molecule has 0 heterocycles. The molecule has 168 valence electrons. The van der Waals surface area contributed by atoms with Crippen molar-refractivity contribution in [3.63, 3.8) is 0 Å². The fraction of sp³-hybridized carbons (Fsp3) is 0.208. The van der Waals surface area contributed by atoms with E-state index in [1.807, 2.05) is 32.0 Å². The Balaban J connectivity index is 1.67. The van der Waals surface area contributed by atoms with Gasteiger partial charge in [-0.05, 0) is 86.8 Å². The van der Waals surface area contributed by atoms with Crippen molar-refractivity contribution < 1.29 is 17.9 Å². The van der Waals surface area contributed by atoms with E-state index in [4.69, 9.17) is 16.3 Å². The molecule has 32 heavy (non-hydrogen) atoms. The number of carbonyl (C=O) groups is 1. The summed E-state index contributed by atoms with van der Waals surface area (Å²) in [6, 6.07) is 16.6. The van der Waals surface area contributed by atoms with Gasteiger partial charge in [0.15, 0.2) is 6.10 Å². The number of ether oxygens (including phenoxy) is 1. The van der Waals surface area contributed by atoms with Crippen LogP contribution < -0.4 is 14.8 Å². The Morgan fingerprint density at radius 2 is 1.59 bits per heavy atom. The summed E-state index contributed by atoms with van der Waals surface area (Å²) in [7, 11) is -3.81. The molecule has 8 heteroatoms. The Hall–Kier alpha value is -3.03. The lowest BCUT2D eigenvalue weighted by Crippen LogP contribution is -2.30. The van der Waals surface area contributed by atoms with Crippen LogP contribution in [0.4, 0.5) is 11.4 Å². The van der Waals surface area contributed by atoms with Crippen LogP contribution in [0.5, 0.6) is 5.75 Å². The van der Waals surface area contributed by atoms with E-state index in [0.29, 0.717) is 27.7 Å². The maximum Gasteiger partial charge on any atom is 0.265 e. The summed E-state index contributed by atoms with van der Waals surface area (Å²) >= 11 is 6.07. The highest BCUT2D eigenvalue weighted by Gasteiger charge is 2.18. The molecule has 0 unspecified atom stereocenters. The number of sulfonamides is 1. The van der Waals surface area contributed by atoms with Crippen LogP contribution in [0.2, 0.25) is 5.02 Å². The van der Waals surface area contributed by atoms with Gasteiger partial charge in [0.25, 0.3) is 15.9 Å². The molecule has 0 saturated carbocycles. The first-order valence-electron chi connectivity index (χ1n) is 10.00. The molecule has 0 spiro atoms. The maximum absolute atomic E-state index is 12.7. The molecule has 0 aliphatic heterocycles. The SMILES string of the molecule is Cc1cccc(O[C@@H](C)C(=O)Nc2ccc(S(=O)(=O)Nc3cccc(Cl)c3C)cc2)c1C. The lowest BCUT2D eigenvalue weighted by molar-refractivity contribution is -0.122. The van der Waals surface area contributed by atoms with Gasteiger partial charge in [0.05, 0.1) is 10.6 Å². The quantitative estimate of drug-likeness (QED) is 0.477. The van der Waals surface area contributed by atoms with Crippen LogP contribution in [-0.2, 0) is 14.8 Å². The average molecular weight is 473 g/mol. The monoisotopic (exact) mass is 472 g/mol. The number of carbonyl (C=O) groups excluding carboxylic acids is 1. The molecule has 0 aliphatic carbocycles. The highest BCUT2D eigenvalue weighted by atomic mass is 35.5. The zero-order chi connectivity index (χ0) is 23.5. The second kappa shape index (κ2) is 9.63. The van der Waals surface area contributed by atoms with Crippen LogP contribution >= 0.6 is 11.6 Å². The van der Waals surface area contributed by atoms with Crippen molar-refractivity contribution in [2.24, 2.45) is 0 Å². The van der Waals surface area contributed by atoms with Crippen molar-refractivity contribution in [3.05, 3.63) is 82.4 Å². The van der Waals surface area contributed by atoms with Gasteiger partial charge in [-0.15, -0.1) is 0 Å². The van der Waals surface area contributed by atoms with Crippen LogP contribution in [0.3, 0.4) is 0 Å². The molecular weight excluding hydrogens is 448 g/mol. The predicted molar refractivity (Wildman–Crippen MR) is 128 cm³/mol. The number of amides is 1. The summed E-state index contributed by atoms with van der Waals surface area (Å²) in [6.07, 6.45) is -0.730. The molecule has 0 aliphatic rings. The summed E-state index contributed by atoms with van der Waals surface area (Å²) in [5, 5.41) is 3.22. The van der Waals surface area contributed by atoms with Gasteiger partial charge in [-0.3, -0.25) is 9.52 Å². The first kappa shape index (κ1) is 23.6. The van der Waals surface area contributed by atoms with E-state index in [2.05, 4.69) is 10.0 Å². The van der Waals surface area contributed by atoms with Crippen molar-refractivity contribution in [1.82, 2.24) is 0 Å². The highest BCUT2D eigenvalue weighted by molar-refractivity contribution is 7.92. The largest absolute Gasteiger partial charge is 0.481 e. The smallest absolute Gasteiger partial charge is 0.265 e. The van der Waals surface area contributed by atoms with Gasteiger partial charge in [-0.2, -0.15) is 0 Å². The number of hydrogen-bond acceptors (Lipinski definition) is 4. The molecule has 3 aromatic rings.